The number of aromatic nitrogens is 1. The average molecular weight is 303 g/mol. The maximum atomic E-state index is 12.3. The molecule has 5 heteroatoms. The van der Waals surface area contributed by atoms with E-state index < -0.39 is 0 Å². The van der Waals surface area contributed by atoms with Crippen molar-refractivity contribution in [1.29, 1.82) is 0 Å². The summed E-state index contributed by atoms with van der Waals surface area (Å²) >= 11 is 0. The third-order valence-corrected chi connectivity index (χ3v) is 4.66. The third kappa shape index (κ3) is 3.84. The fourth-order valence-corrected chi connectivity index (χ4v) is 3.32. The summed E-state index contributed by atoms with van der Waals surface area (Å²) in [4.78, 5) is 19.0. The predicted molar refractivity (Wildman–Crippen MR) is 84.9 cm³/mol. The number of amides is 1. The molecule has 1 N–H and O–H groups in total. The Bertz CT molecular complexity index is 506. The predicted octanol–water partition coefficient (Wildman–Crippen LogP) is 1.76. The molecule has 120 valence electrons. The molecule has 1 aromatic heterocycles. The van der Waals surface area contributed by atoms with Crippen molar-refractivity contribution >= 4 is 5.91 Å². The van der Waals surface area contributed by atoms with E-state index in [-0.39, 0.29) is 11.9 Å². The van der Waals surface area contributed by atoms with E-state index in [0.29, 0.717) is 11.7 Å². The molecule has 22 heavy (non-hydrogen) atoms. The van der Waals surface area contributed by atoms with Crippen LogP contribution >= 0.6 is 0 Å². The van der Waals surface area contributed by atoms with E-state index in [0.717, 1.165) is 44.8 Å². The number of likely N-dealkylation sites (tertiary alicyclic amines) is 1. The molecule has 2 aliphatic rings. The molecule has 0 radical (unpaired) electrons. The first-order chi connectivity index (χ1) is 10.7. The molecule has 0 spiro atoms. The number of ether oxygens (including phenoxy) is 1. The summed E-state index contributed by atoms with van der Waals surface area (Å²) in [5, 5.41) is 3.15. The van der Waals surface area contributed by atoms with Crippen LogP contribution < -0.4 is 5.32 Å². The zero-order valence-corrected chi connectivity index (χ0v) is 13.3. The Morgan fingerprint density at radius 2 is 2.23 bits per heavy atom. The highest BCUT2D eigenvalue weighted by molar-refractivity contribution is 5.95. The van der Waals surface area contributed by atoms with Crippen molar-refractivity contribution in [3.05, 3.63) is 29.6 Å². The second kappa shape index (κ2) is 7.20. The van der Waals surface area contributed by atoms with Gasteiger partial charge in [0.15, 0.2) is 0 Å². The first kappa shape index (κ1) is 15.4. The van der Waals surface area contributed by atoms with Crippen LogP contribution in [-0.2, 0) is 4.74 Å². The molecule has 1 atom stereocenters. The first-order valence-corrected chi connectivity index (χ1v) is 8.29. The van der Waals surface area contributed by atoms with Crippen LogP contribution in [0.2, 0.25) is 0 Å². The second-order valence-corrected chi connectivity index (χ2v) is 6.32. The van der Waals surface area contributed by atoms with E-state index in [1.165, 1.54) is 12.8 Å². The Labute approximate surface area is 132 Å². The van der Waals surface area contributed by atoms with E-state index in [2.05, 4.69) is 15.2 Å². The van der Waals surface area contributed by atoms with E-state index in [1.807, 2.05) is 19.1 Å². The standard InChI is InChI=1S/C17H25N3O2/c1-13-16(5-2-8-18-13)17(21)19-14-6-9-20(10-7-14)12-15-4-3-11-22-15/h2,5,8,14-15H,3-4,6-7,9-12H2,1H3,(H,19,21)/t15-/m1/s1. The second-order valence-electron chi connectivity index (χ2n) is 6.32. The molecule has 0 bridgehead atoms. The molecule has 0 saturated carbocycles. The molecule has 2 fully saturated rings. The molecule has 1 amide bonds. The van der Waals surface area contributed by atoms with Crippen LogP contribution in [0, 0.1) is 6.92 Å². The molecule has 0 aromatic carbocycles. The van der Waals surface area contributed by atoms with Crippen molar-refractivity contribution in [2.45, 2.75) is 44.8 Å². The smallest absolute Gasteiger partial charge is 0.253 e. The number of pyridine rings is 1. The van der Waals surface area contributed by atoms with Gasteiger partial charge in [-0.05, 0) is 44.7 Å². The van der Waals surface area contributed by atoms with Gasteiger partial charge in [0.1, 0.15) is 0 Å². The van der Waals surface area contributed by atoms with Crippen molar-refractivity contribution in [2.24, 2.45) is 0 Å². The molecule has 5 nitrogen and oxygen atoms in total. The van der Waals surface area contributed by atoms with Crippen molar-refractivity contribution in [2.75, 3.05) is 26.2 Å². The zero-order chi connectivity index (χ0) is 15.4. The van der Waals surface area contributed by atoms with Gasteiger partial charge in [-0.2, -0.15) is 0 Å². The minimum absolute atomic E-state index is 0.00294. The molecule has 3 heterocycles. The maximum absolute atomic E-state index is 12.3. The summed E-state index contributed by atoms with van der Waals surface area (Å²) in [6, 6.07) is 3.92. The van der Waals surface area contributed by atoms with Crippen molar-refractivity contribution < 1.29 is 9.53 Å². The average Bonchev–Trinajstić information content (AvgIpc) is 3.02. The summed E-state index contributed by atoms with van der Waals surface area (Å²) in [5.41, 5.74) is 1.47. The van der Waals surface area contributed by atoms with Gasteiger partial charge in [-0.3, -0.25) is 9.78 Å². The van der Waals surface area contributed by atoms with Crippen LogP contribution in [0.4, 0.5) is 0 Å². The summed E-state index contributed by atoms with van der Waals surface area (Å²) in [6.07, 6.45) is 6.55. The largest absolute Gasteiger partial charge is 0.377 e. The van der Waals surface area contributed by atoms with Gasteiger partial charge < -0.3 is 15.0 Å². The van der Waals surface area contributed by atoms with Crippen LogP contribution in [0.5, 0.6) is 0 Å². The van der Waals surface area contributed by atoms with Crippen molar-refractivity contribution in [1.82, 2.24) is 15.2 Å². The molecular formula is C17H25N3O2. The number of carbonyl (C=O) groups excluding carboxylic acids is 1. The third-order valence-electron chi connectivity index (χ3n) is 4.66. The van der Waals surface area contributed by atoms with Crippen LogP contribution in [0.1, 0.15) is 41.7 Å². The van der Waals surface area contributed by atoms with Gasteiger partial charge in [0.2, 0.25) is 0 Å². The quantitative estimate of drug-likeness (QED) is 0.921. The Hall–Kier alpha value is -1.46. The van der Waals surface area contributed by atoms with E-state index in [4.69, 9.17) is 4.74 Å². The molecule has 1 aromatic rings. The van der Waals surface area contributed by atoms with Gasteiger partial charge in [-0.15, -0.1) is 0 Å². The van der Waals surface area contributed by atoms with Crippen LogP contribution in [-0.4, -0.2) is 54.2 Å². The Balaban J connectivity index is 1.45. The zero-order valence-electron chi connectivity index (χ0n) is 13.3. The topological polar surface area (TPSA) is 54.5 Å². The van der Waals surface area contributed by atoms with Gasteiger partial charge in [0.25, 0.3) is 5.91 Å². The minimum atomic E-state index is 0.00294. The highest BCUT2D eigenvalue weighted by Gasteiger charge is 2.25. The lowest BCUT2D eigenvalue weighted by Gasteiger charge is -2.33. The van der Waals surface area contributed by atoms with Crippen LogP contribution in [0.25, 0.3) is 0 Å². The summed E-state index contributed by atoms with van der Waals surface area (Å²) in [5.74, 6) is 0.00294. The monoisotopic (exact) mass is 303 g/mol. The molecule has 0 unspecified atom stereocenters. The van der Waals surface area contributed by atoms with Crippen LogP contribution in [0.15, 0.2) is 18.3 Å². The highest BCUT2D eigenvalue weighted by atomic mass is 16.5. The number of piperidine rings is 1. The van der Waals surface area contributed by atoms with Gasteiger partial charge in [0, 0.05) is 44.2 Å². The van der Waals surface area contributed by atoms with Crippen LogP contribution in [0.3, 0.4) is 0 Å². The highest BCUT2D eigenvalue weighted by Crippen LogP contribution is 2.17. The Kier molecular flexibility index (Phi) is 5.05. The lowest BCUT2D eigenvalue weighted by molar-refractivity contribution is 0.0612. The first-order valence-electron chi connectivity index (χ1n) is 8.29. The van der Waals surface area contributed by atoms with Gasteiger partial charge >= 0.3 is 0 Å². The SMILES string of the molecule is Cc1ncccc1C(=O)NC1CCN(C[C@H]2CCCO2)CC1. The number of nitrogens with zero attached hydrogens (tertiary/aromatic N) is 2. The number of aryl methyl sites for hydroxylation is 1. The van der Waals surface area contributed by atoms with Gasteiger partial charge in [-0.25, -0.2) is 0 Å². The fourth-order valence-electron chi connectivity index (χ4n) is 3.32. The number of hydrogen-bond acceptors (Lipinski definition) is 4. The number of hydrogen-bond donors (Lipinski definition) is 1. The molecular weight excluding hydrogens is 278 g/mol. The van der Waals surface area contributed by atoms with Crippen molar-refractivity contribution in [3.8, 4) is 0 Å². The minimum Gasteiger partial charge on any atom is -0.377 e. The summed E-state index contributed by atoms with van der Waals surface area (Å²) < 4.78 is 5.70. The van der Waals surface area contributed by atoms with E-state index >= 15 is 0 Å². The molecule has 3 rings (SSSR count). The number of rotatable bonds is 4. The lowest BCUT2D eigenvalue weighted by atomic mass is 10.0. The fraction of sp³-hybridized carbons (Fsp3) is 0.647. The Morgan fingerprint density at radius 3 is 2.91 bits per heavy atom. The number of nitrogens with one attached hydrogen (secondary N) is 1. The van der Waals surface area contributed by atoms with Crippen molar-refractivity contribution in [3.63, 3.8) is 0 Å². The van der Waals surface area contributed by atoms with E-state index in [9.17, 15) is 4.79 Å². The Morgan fingerprint density at radius 1 is 1.41 bits per heavy atom. The van der Waals surface area contributed by atoms with Gasteiger partial charge in [0.05, 0.1) is 11.7 Å². The van der Waals surface area contributed by atoms with E-state index in [1.54, 1.807) is 6.20 Å². The molecule has 0 aliphatic carbocycles. The summed E-state index contributed by atoms with van der Waals surface area (Å²) in [6.45, 7) is 5.91. The van der Waals surface area contributed by atoms with Gasteiger partial charge in [-0.1, -0.05) is 0 Å². The molecule has 2 saturated heterocycles. The number of carbonyl (C=O) groups is 1. The lowest BCUT2D eigenvalue weighted by Crippen LogP contribution is -2.46. The summed E-state index contributed by atoms with van der Waals surface area (Å²) in [7, 11) is 0. The molecule has 2 aliphatic heterocycles. The maximum Gasteiger partial charge on any atom is 0.253 e. The normalized spacial score (nSPS) is 23.6.